The van der Waals surface area contributed by atoms with E-state index in [2.05, 4.69) is 17.2 Å². The van der Waals surface area contributed by atoms with Crippen molar-refractivity contribution in [1.29, 1.82) is 0 Å². The summed E-state index contributed by atoms with van der Waals surface area (Å²) in [7, 11) is 0. The maximum absolute atomic E-state index is 11.5. The van der Waals surface area contributed by atoms with Crippen LogP contribution in [0.5, 0.6) is 0 Å². The van der Waals surface area contributed by atoms with Crippen molar-refractivity contribution < 1.29 is 14.5 Å². The number of ether oxygens (including phenoxy) is 1. The highest BCUT2D eigenvalue weighted by molar-refractivity contribution is 5.84. The highest BCUT2D eigenvalue weighted by Gasteiger charge is 2.02. The number of non-ortho nitro benzene ring substituents is 1. The van der Waals surface area contributed by atoms with Crippen LogP contribution in [-0.2, 0) is 4.74 Å². The van der Waals surface area contributed by atoms with E-state index < -0.39 is 11.0 Å². The number of nitrogens with zero attached hydrogens (tertiary/aromatic N) is 1. The molecule has 0 fully saturated rings. The zero-order valence-electron chi connectivity index (χ0n) is 11.5. The molecule has 110 valence electrons. The Hall–Kier alpha value is -3.33. The molecule has 0 spiro atoms. The number of carbonyl (C=O) groups excluding carboxylic acids is 1. The van der Waals surface area contributed by atoms with E-state index in [9.17, 15) is 14.9 Å². The van der Waals surface area contributed by atoms with E-state index in [1.54, 1.807) is 24.3 Å². The van der Waals surface area contributed by atoms with Gasteiger partial charge in [-0.3, -0.25) is 15.4 Å². The minimum Gasteiger partial charge on any atom is -0.436 e. The van der Waals surface area contributed by atoms with Gasteiger partial charge in [0, 0.05) is 23.4 Å². The molecule has 1 amide bonds. The van der Waals surface area contributed by atoms with Crippen LogP contribution in [0.4, 0.5) is 16.2 Å². The van der Waals surface area contributed by atoms with Crippen LogP contribution in [0.3, 0.4) is 0 Å². The minimum absolute atomic E-state index is 0.00374. The summed E-state index contributed by atoms with van der Waals surface area (Å²) < 4.78 is 4.90. The molecule has 0 aliphatic rings. The third-order valence-electron chi connectivity index (χ3n) is 2.61. The molecule has 0 bridgehead atoms. The number of para-hydroxylation sites is 1. The second-order valence-electron chi connectivity index (χ2n) is 4.17. The summed E-state index contributed by atoms with van der Waals surface area (Å²) in [6, 6.07) is 14.7. The smallest absolute Gasteiger partial charge is 0.412 e. The molecule has 0 aliphatic carbocycles. The standard InChI is InChI=1S/C16H12N2O4/c19-16(17-14-6-2-1-3-7-14)22-12-4-5-13-8-10-15(11-9-13)18(20)21/h1-3,6-11H,12H2,(H,17,19). The lowest BCUT2D eigenvalue weighted by Crippen LogP contribution is -2.13. The van der Waals surface area contributed by atoms with Crippen molar-refractivity contribution >= 4 is 17.5 Å². The first-order chi connectivity index (χ1) is 10.6. The summed E-state index contributed by atoms with van der Waals surface area (Å²) in [5.74, 6) is 5.42. The Morgan fingerprint density at radius 1 is 1.14 bits per heavy atom. The van der Waals surface area contributed by atoms with E-state index in [1.165, 1.54) is 24.3 Å². The Morgan fingerprint density at radius 3 is 2.45 bits per heavy atom. The van der Waals surface area contributed by atoms with Gasteiger partial charge in [0.15, 0.2) is 6.61 Å². The summed E-state index contributed by atoms with van der Waals surface area (Å²) in [6.45, 7) is -0.0738. The van der Waals surface area contributed by atoms with Gasteiger partial charge in [0.1, 0.15) is 0 Å². The normalized spacial score (nSPS) is 9.27. The first-order valence-corrected chi connectivity index (χ1v) is 6.37. The zero-order valence-corrected chi connectivity index (χ0v) is 11.5. The Labute approximate surface area is 126 Å². The van der Waals surface area contributed by atoms with Crippen molar-refractivity contribution in [2.24, 2.45) is 0 Å². The van der Waals surface area contributed by atoms with Crippen LogP contribution in [0.15, 0.2) is 54.6 Å². The summed E-state index contributed by atoms with van der Waals surface area (Å²) >= 11 is 0. The highest BCUT2D eigenvalue weighted by atomic mass is 16.6. The van der Waals surface area contributed by atoms with E-state index in [-0.39, 0.29) is 12.3 Å². The average Bonchev–Trinajstić information content (AvgIpc) is 2.53. The average molecular weight is 296 g/mol. The van der Waals surface area contributed by atoms with Crippen molar-refractivity contribution in [3.63, 3.8) is 0 Å². The lowest BCUT2D eigenvalue weighted by Gasteiger charge is -2.03. The number of nitro groups is 1. The predicted octanol–water partition coefficient (Wildman–Crippen LogP) is 3.20. The van der Waals surface area contributed by atoms with E-state index in [1.807, 2.05) is 6.07 Å². The summed E-state index contributed by atoms with van der Waals surface area (Å²) in [5, 5.41) is 13.1. The van der Waals surface area contributed by atoms with Crippen LogP contribution in [0.25, 0.3) is 0 Å². The molecule has 22 heavy (non-hydrogen) atoms. The molecule has 2 rings (SSSR count). The van der Waals surface area contributed by atoms with Crippen molar-refractivity contribution in [1.82, 2.24) is 0 Å². The fraction of sp³-hybridized carbons (Fsp3) is 0.0625. The number of amides is 1. The number of nitrogens with one attached hydrogen (secondary N) is 1. The third kappa shape index (κ3) is 4.65. The number of benzene rings is 2. The molecule has 6 nitrogen and oxygen atoms in total. The van der Waals surface area contributed by atoms with E-state index >= 15 is 0 Å². The van der Waals surface area contributed by atoms with Crippen LogP contribution < -0.4 is 5.32 Å². The van der Waals surface area contributed by atoms with Gasteiger partial charge < -0.3 is 4.74 Å². The Morgan fingerprint density at radius 2 is 1.82 bits per heavy atom. The van der Waals surface area contributed by atoms with Crippen LogP contribution in [-0.4, -0.2) is 17.6 Å². The largest absolute Gasteiger partial charge is 0.436 e. The van der Waals surface area contributed by atoms with Crippen LogP contribution in [0.2, 0.25) is 0 Å². The topological polar surface area (TPSA) is 81.5 Å². The quantitative estimate of drug-likeness (QED) is 0.535. The maximum atomic E-state index is 11.5. The zero-order chi connectivity index (χ0) is 15.8. The predicted molar refractivity (Wildman–Crippen MR) is 81.4 cm³/mol. The Kier molecular flexibility index (Phi) is 5.10. The minimum atomic E-state index is -0.593. The monoisotopic (exact) mass is 296 g/mol. The molecule has 0 unspecified atom stereocenters. The van der Waals surface area contributed by atoms with Gasteiger partial charge in [0.05, 0.1) is 4.92 Å². The molecule has 2 aromatic carbocycles. The van der Waals surface area contributed by atoms with E-state index in [0.717, 1.165) is 0 Å². The van der Waals surface area contributed by atoms with Crippen LogP contribution in [0, 0.1) is 22.0 Å². The van der Waals surface area contributed by atoms with Gasteiger partial charge in [-0.15, -0.1) is 0 Å². The van der Waals surface area contributed by atoms with Gasteiger partial charge in [-0.25, -0.2) is 4.79 Å². The summed E-state index contributed by atoms with van der Waals surface area (Å²) in [4.78, 5) is 21.5. The summed E-state index contributed by atoms with van der Waals surface area (Å²) in [5.41, 5.74) is 1.25. The van der Waals surface area contributed by atoms with Gasteiger partial charge in [0.25, 0.3) is 5.69 Å². The molecule has 6 heteroatoms. The van der Waals surface area contributed by atoms with Gasteiger partial charge in [-0.1, -0.05) is 30.0 Å². The first-order valence-electron chi connectivity index (χ1n) is 6.37. The number of nitro benzene ring substituents is 1. The molecular formula is C16H12N2O4. The highest BCUT2D eigenvalue weighted by Crippen LogP contribution is 2.10. The second-order valence-corrected chi connectivity index (χ2v) is 4.17. The van der Waals surface area contributed by atoms with Crippen LogP contribution in [0.1, 0.15) is 5.56 Å². The number of carbonyl (C=O) groups is 1. The molecule has 0 saturated carbocycles. The lowest BCUT2D eigenvalue weighted by molar-refractivity contribution is -0.384. The first kappa shape index (κ1) is 15.1. The van der Waals surface area contributed by atoms with Crippen molar-refractivity contribution in [3.05, 3.63) is 70.3 Å². The second kappa shape index (κ2) is 7.45. The molecule has 1 N–H and O–H groups in total. The maximum Gasteiger partial charge on any atom is 0.412 e. The molecule has 0 radical (unpaired) electrons. The van der Waals surface area contributed by atoms with Crippen molar-refractivity contribution in [3.8, 4) is 11.8 Å². The molecule has 2 aromatic rings. The molecule has 0 heterocycles. The Bertz CT molecular complexity index is 715. The number of hydrogen-bond acceptors (Lipinski definition) is 4. The number of anilines is 1. The van der Waals surface area contributed by atoms with Gasteiger partial charge >= 0.3 is 6.09 Å². The SMILES string of the molecule is O=C(Nc1ccccc1)OCC#Cc1ccc([N+](=O)[O-])cc1. The fourth-order valence-corrected chi connectivity index (χ4v) is 1.58. The van der Waals surface area contributed by atoms with Crippen molar-refractivity contribution in [2.75, 3.05) is 11.9 Å². The lowest BCUT2D eigenvalue weighted by atomic mass is 10.2. The molecule has 0 saturated heterocycles. The Balaban J connectivity index is 1.81. The molecule has 0 aromatic heterocycles. The van der Waals surface area contributed by atoms with E-state index in [0.29, 0.717) is 11.3 Å². The fourth-order valence-electron chi connectivity index (χ4n) is 1.58. The number of hydrogen-bond donors (Lipinski definition) is 1. The van der Waals surface area contributed by atoms with E-state index in [4.69, 9.17) is 4.74 Å². The third-order valence-corrected chi connectivity index (χ3v) is 2.61. The summed E-state index contributed by atoms with van der Waals surface area (Å²) in [6.07, 6.45) is -0.593. The van der Waals surface area contributed by atoms with Gasteiger partial charge in [-0.2, -0.15) is 0 Å². The number of rotatable bonds is 3. The molecular weight excluding hydrogens is 284 g/mol. The molecule has 0 aliphatic heterocycles. The van der Waals surface area contributed by atoms with Crippen molar-refractivity contribution in [2.45, 2.75) is 0 Å². The van der Waals surface area contributed by atoms with Crippen LogP contribution >= 0.6 is 0 Å². The van der Waals surface area contributed by atoms with Gasteiger partial charge in [-0.05, 0) is 24.3 Å². The molecule has 0 atom stereocenters. The van der Waals surface area contributed by atoms with Gasteiger partial charge in [0.2, 0.25) is 0 Å².